The molecule has 0 unspecified atom stereocenters. The molecule has 1 fully saturated rings. The van der Waals surface area contributed by atoms with Crippen LogP contribution in [0.1, 0.15) is 39.5 Å². The van der Waals surface area contributed by atoms with Crippen molar-refractivity contribution >= 4 is 5.78 Å². The van der Waals surface area contributed by atoms with E-state index in [1.165, 1.54) is 5.57 Å². The minimum Gasteiger partial charge on any atom is -0.381 e. The normalized spacial score (nSPS) is 27.5. The Morgan fingerprint density at radius 1 is 1.50 bits per heavy atom. The average molecular weight is 196 g/mol. The molecule has 0 heterocycles. The third-order valence-electron chi connectivity index (χ3n) is 2.87. The lowest BCUT2D eigenvalue weighted by molar-refractivity contribution is -0.128. The van der Waals surface area contributed by atoms with Gasteiger partial charge in [0.25, 0.3) is 0 Å². The average Bonchev–Trinajstić information content (AvgIpc) is 2.15. The fraction of sp³-hybridized carbons (Fsp3) is 0.750. The molecule has 0 aromatic carbocycles. The van der Waals surface area contributed by atoms with E-state index in [4.69, 9.17) is 4.74 Å². The van der Waals surface area contributed by atoms with Crippen LogP contribution in [0, 0.1) is 5.92 Å². The van der Waals surface area contributed by atoms with E-state index < -0.39 is 0 Å². The molecule has 0 saturated heterocycles. The summed E-state index contributed by atoms with van der Waals surface area (Å²) in [6.07, 6.45) is 5.88. The number of rotatable bonds is 3. The quantitative estimate of drug-likeness (QED) is 0.649. The Balaban J connectivity index is 2.42. The molecule has 0 amide bonds. The highest BCUT2D eigenvalue weighted by molar-refractivity contribution is 5.82. The molecule has 1 aliphatic rings. The molecule has 0 aliphatic heterocycles. The first-order valence-corrected chi connectivity index (χ1v) is 5.32. The minimum absolute atomic E-state index is 0.172. The maximum absolute atomic E-state index is 11.7. The molecular weight excluding hydrogens is 176 g/mol. The zero-order valence-electron chi connectivity index (χ0n) is 9.38. The zero-order valence-corrected chi connectivity index (χ0v) is 9.38. The lowest BCUT2D eigenvalue weighted by Gasteiger charge is -2.25. The molecule has 0 bridgehead atoms. The summed E-state index contributed by atoms with van der Waals surface area (Å²) in [5.74, 6) is 0.622. The number of ether oxygens (including phenoxy) is 1. The highest BCUT2D eigenvalue weighted by Gasteiger charge is 2.27. The molecule has 14 heavy (non-hydrogen) atoms. The second kappa shape index (κ2) is 5.30. The van der Waals surface area contributed by atoms with Crippen LogP contribution >= 0.6 is 0 Å². The molecule has 1 aliphatic carbocycles. The number of allylic oxidation sites excluding steroid dienone is 2. The molecule has 0 radical (unpaired) electrons. The van der Waals surface area contributed by atoms with E-state index in [0.717, 1.165) is 19.3 Å². The molecule has 1 saturated carbocycles. The first kappa shape index (κ1) is 11.4. The second-order valence-corrected chi connectivity index (χ2v) is 4.32. The molecule has 0 N–H and O–H groups in total. The van der Waals surface area contributed by atoms with Crippen LogP contribution in [-0.2, 0) is 9.53 Å². The minimum atomic E-state index is 0.172. The Hall–Kier alpha value is -0.630. The Bertz CT molecular complexity index is 226. The van der Waals surface area contributed by atoms with E-state index in [-0.39, 0.29) is 12.0 Å². The second-order valence-electron chi connectivity index (χ2n) is 4.32. The van der Waals surface area contributed by atoms with Crippen LogP contribution in [0.2, 0.25) is 0 Å². The van der Waals surface area contributed by atoms with Gasteiger partial charge in [-0.05, 0) is 33.1 Å². The molecule has 0 spiro atoms. The smallest absolute Gasteiger partial charge is 0.138 e. The van der Waals surface area contributed by atoms with Gasteiger partial charge in [-0.1, -0.05) is 11.6 Å². The summed E-state index contributed by atoms with van der Waals surface area (Å²) in [6, 6.07) is 0. The van der Waals surface area contributed by atoms with Gasteiger partial charge in [0.15, 0.2) is 0 Å². The Morgan fingerprint density at radius 2 is 2.21 bits per heavy atom. The summed E-state index contributed by atoms with van der Waals surface area (Å²) in [5, 5.41) is 0. The maximum atomic E-state index is 11.7. The van der Waals surface area contributed by atoms with Crippen molar-refractivity contribution in [1.82, 2.24) is 0 Å². The number of carbonyl (C=O) groups excluding carboxylic acids is 1. The van der Waals surface area contributed by atoms with E-state index in [2.05, 4.69) is 19.9 Å². The van der Waals surface area contributed by atoms with Crippen molar-refractivity contribution in [3.63, 3.8) is 0 Å². The van der Waals surface area contributed by atoms with Gasteiger partial charge in [-0.15, -0.1) is 0 Å². The number of carbonyl (C=O) groups is 1. The van der Waals surface area contributed by atoms with Gasteiger partial charge in [0.05, 0.1) is 6.10 Å². The molecule has 2 heteroatoms. The summed E-state index contributed by atoms with van der Waals surface area (Å²) in [5.41, 5.74) is 1.30. The van der Waals surface area contributed by atoms with E-state index in [9.17, 15) is 4.79 Å². The summed E-state index contributed by atoms with van der Waals surface area (Å²) >= 11 is 0. The molecular formula is C12H20O2. The van der Waals surface area contributed by atoms with Crippen LogP contribution in [0.15, 0.2) is 11.6 Å². The Morgan fingerprint density at radius 3 is 2.71 bits per heavy atom. The molecule has 0 aromatic rings. The first-order chi connectivity index (χ1) is 6.63. The predicted molar refractivity (Wildman–Crippen MR) is 57.2 cm³/mol. The lowest BCUT2D eigenvalue weighted by atomic mass is 9.84. The van der Waals surface area contributed by atoms with Gasteiger partial charge < -0.3 is 4.74 Å². The van der Waals surface area contributed by atoms with Crippen LogP contribution in [0.5, 0.6) is 0 Å². The van der Waals surface area contributed by atoms with Crippen LogP contribution in [0.25, 0.3) is 0 Å². The van der Waals surface area contributed by atoms with Gasteiger partial charge in [-0.25, -0.2) is 0 Å². The topological polar surface area (TPSA) is 26.3 Å². The summed E-state index contributed by atoms with van der Waals surface area (Å²) in [7, 11) is 1.69. The monoisotopic (exact) mass is 196 g/mol. The zero-order chi connectivity index (χ0) is 10.6. The number of hydrogen-bond donors (Lipinski definition) is 0. The van der Waals surface area contributed by atoms with Crippen LogP contribution in [-0.4, -0.2) is 19.0 Å². The largest absolute Gasteiger partial charge is 0.381 e. The van der Waals surface area contributed by atoms with E-state index >= 15 is 0 Å². The van der Waals surface area contributed by atoms with Gasteiger partial charge in [0, 0.05) is 19.4 Å². The van der Waals surface area contributed by atoms with Crippen molar-refractivity contribution in [3.05, 3.63) is 11.6 Å². The van der Waals surface area contributed by atoms with Crippen LogP contribution < -0.4 is 0 Å². The number of Topliss-reactive ketones (excluding diaryl/α,β-unsaturated/α-hetero) is 1. The highest BCUT2D eigenvalue weighted by atomic mass is 16.5. The van der Waals surface area contributed by atoms with E-state index in [0.29, 0.717) is 12.2 Å². The maximum Gasteiger partial charge on any atom is 0.138 e. The third kappa shape index (κ3) is 3.26. The molecule has 0 aromatic heterocycles. The Kier molecular flexibility index (Phi) is 4.33. The molecule has 1 rings (SSSR count). The summed E-state index contributed by atoms with van der Waals surface area (Å²) in [6.45, 7) is 4.15. The van der Waals surface area contributed by atoms with Gasteiger partial charge in [-0.3, -0.25) is 4.79 Å². The molecule has 2 nitrogen and oxygen atoms in total. The number of methoxy groups -OCH3 is 1. The number of hydrogen-bond acceptors (Lipinski definition) is 2. The molecule has 2 atom stereocenters. The lowest BCUT2D eigenvalue weighted by Crippen LogP contribution is -2.28. The van der Waals surface area contributed by atoms with E-state index in [1.807, 2.05) is 0 Å². The van der Waals surface area contributed by atoms with E-state index in [1.54, 1.807) is 7.11 Å². The van der Waals surface area contributed by atoms with Crippen molar-refractivity contribution in [2.45, 2.75) is 45.6 Å². The van der Waals surface area contributed by atoms with Crippen LogP contribution in [0.4, 0.5) is 0 Å². The fourth-order valence-electron chi connectivity index (χ4n) is 1.87. The standard InChI is InChI=1S/C12H20O2/c1-9(2)4-5-10-6-7-11(14-3)8-12(10)13/h4,10-11H,5-8H2,1-3H3/t10-,11+/m0/s1. The van der Waals surface area contributed by atoms with Crippen molar-refractivity contribution < 1.29 is 9.53 Å². The SMILES string of the molecule is CO[C@@H]1CC[C@H](CC=C(C)C)C(=O)C1. The Labute approximate surface area is 86.3 Å². The first-order valence-electron chi connectivity index (χ1n) is 5.32. The van der Waals surface area contributed by atoms with Gasteiger partial charge >= 0.3 is 0 Å². The van der Waals surface area contributed by atoms with Crippen molar-refractivity contribution in [3.8, 4) is 0 Å². The highest BCUT2D eigenvalue weighted by Crippen LogP contribution is 2.25. The summed E-state index contributed by atoms with van der Waals surface area (Å²) in [4.78, 5) is 11.7. The van der Waals surface area contributed by atoms with Crippen molar-refractivity contribution in [1.29, 1.82) is 0 Å². The third-order valence-corrected chi connectivity index (χ3v) is 2.87. The molecule has 80 valence electrons. The van der Waals surface area contributed by atoms with Crippen molar-refractivity contribution in [2.75, 3.05) is 7.11 Å². The predicted octanol–water partition coefficient (Wildman–Crippen LogP) is 2.73. The fourth-order valence-corrected chi connectivity index (χ4v) is 1.87. The van der Waals surface area contributed by atoms with Gasteiger partial charge in [-0.2, -0.15) is 0 Å². The van der Waals surface area contributed by atoms with Crippen molar-refractivity contribution in [2.24, 2.45) is 5.92 Å². The number of ketones is 1. The summed E-state index contributed by atoms with van der Waals surface area (Å²) < 4.78 is 5.20. The van der Waals surface area contributed by atoms with Crippen LogP contribution in [0.3, 0.4) is 0 Å². The van der Waals surface area contributed by atoms with Gasteiger partial charge in [0.1, 0.15) is 5.78 Å². The van der Waals surface area contributed by atoms with Gasteiger partial charge in [0.2, 0.25) is 0 Å².